The molecule has 0 amide bonds. The van der Waals surface area contributed by atoms with Crippen molar-refractivity contribution in [3.8, 4) is 0 Å². The Balaban J connectivity index is 2.17. The van der Waals surface area contributed by atoms with Crippen molar-refractivity contribution < 1.29 is 4.92 Å². The Hall–Kier alpha value is -1.17. The molecule has 6 heteroatoms. The van der Waals surface area contributed by atoms with Gasteiger partial charge in [0.2, 0.25) is 0 Å². The van der Waals surface area contributed by atoms with E-state index in [4.69, 9.17) is 11.6 Å². The highest BCUT2D eigenvalue weighted by Gasteiger charge is 2.20. The van der Waals surface area contributed by atoms with Crippen molar-refractivity contribution in [3.63, 3.8) is 0 Å². The van der Waals surface area contributed by atoms with E-state index in [1.54, 1.807) is 12.1 Å². The molecule has 18 heavy (non-hydrogen) atoms. The molecule has 98 valence electrons. The van der Waals surface area contributed by atoms with E-state index in [9.17, 15) is 10.1 Å². The number of nitro groups is 1. The van der Waals surface area contributed by atoms with Crippen molar-refractivity contribution in [2.45, 2.75) is 19.5 Å². The second-order valence-corrected chi connectivity index (χ2v) is 4.96. The lowest BCUT2D eigenvalue weighted by Gasteiger charge is -2.34. The Morgan fingerprint density at radius 2 is 2.39 bits per heavy atom. The van der Waals surface area contributed by atoms with Crippen LogP contribution in [-0.2, 0) is 6.54 Å². The van der Waals surface area contributed by atoms with Gasteiger partial charge in [-0.05, 0) is 18.6 Å². The Bertz CT molecular complexity index is 453. The van der Waals surface area contributed by atoms with E-state index in [2.05, 4.69) is 17.1 Å². The Morgan fingerprint density at radius 1 is 1.61 bits per heavy atom. The zero-order valence-electron chi connectivity index (χ0n) is 10.2. The van der Waals surface area contributed by atoms with E-state index in [1.165, 1.54) is 6.07 Å². The topological polar surface area (TPSA) is 58.4 Å². The summed E-state index contributed by atoms with van der Waals surface area (Å²) in [5, 5.41) is 14.7. The van der Waals surface area contributed by atoms with Crippen LogP contribution in [0.15, 0.2) is 18.2 Å². The number of hydrogen-bond acceptors (Lipinski definition) is 4. The minimum atomic E-state index is -0.388. The third-order valence-electron chi connectivity index (χ3n) is 3.25. The van der Waals surface area contributed by atoms with Crippen molar-refractivity contribution in [1.29, 1.82) is 0 Å². The van der Waals surface area contributed by atoms with Crippen LogP contribution < -0.4 is 5.32 Å². The summed E-state index contributed by atoms with van der Waals surface area (Å²) in [4.78, 5) is 12.7. The fourth-order valence-corrected chi connectivity index (χ4v) is 2.31. The number of hydrogen-bond donors (Lipinski definition) is 1. The summed E-state index contributed by atoms with van der Waals surface area (Å²) in [7, 11) is 0. The first kappa shape index (κ1) is 13.3. The molecule has 1 aromatic rings. The van der Waals surface area contributed by atoms with Crippen LogP contribution in [-0.4, -0.2) is 35.5 Å². The lowest BCUT2D eigenvalue weighted by molar-refractivity contribution is -0.384. The number of nitrogens with zero attached hydrogens (tertiary/aromatic N) is 2. The number of piperazine rings is 1. The van der Waals surface area contributed by atoms with Gasteiger partial charge in [0, 0.05) is 49.4 Å². The average molecular weight is 270 g/mol. The largest absolute Gasteiger partial charge is 0.314 e. The van der Waals surface area contributed by atoms with Crippen LogP contribution in [0.25, 0.3) is 0 Å². The molecule has 1 N–H and O–H groups in total. The summed E-state index contributed by atoms with van der Waals surface area (Å²) in [6, 6.07) is 5.01. The van der Waals surface area contributed by atoms with Crippen LogP contribution in [0, 0.1) is 10.1 Å². The molecular formula is C12H16ClN3O2. The smallest absolute Gasteiger partial charge is 0.269 e. The van der Waals surface area contributed by atoms with Crippen LogP contribution in [0.1, 0.15) is 12.5 Å². The number of nitrogens with one attached hydrogen (secondary N) is 1. The molecule has 1 atom stereocenters. The summed E-state index contributed by atoms with van der Waals surface area (Å²) in [5.74, 6) is 0. The number of benzene rings is 1. The summed E-state index contributed by atoms with van der Waals surface area (Å²) in [6.45, 7) is 5.60. The first-order valence-electron chi connectivity index (χ1n) is 5.95. The van der Waals surface area contributed by atoms with E-state index < -0.39 is 0 Å². The van der Waals surface area contributed by atoms with Crippen LogP contribution in [0.4, 0.5) is 5.69 Å². The summed E-state index contributed by atoms with van der Waals surface area (Å²) in [6.07, 6.45) is 0. The van der Waals surface area contributed by atoms with Gasteiger partial charge in [0.15, 0.2) is 0 Å². The predicted octanol–water partition coefficient (Wildman–Crippen LogP) is 2.04. The van der Waals surface area contributed by atoms with Gasteiger partial charge in [-0.2, -0.15) is 0 Å². The number of nitro benzene ring substituents is 1. The zero-order valence-corrected chi connectivity index (χ0v) is 11.0. The number of non-ortho nitro benzene ring substituents is 1. The average Bonchev–Trinajstić information content (AvgIpc) is 2.34. The molecule has 0 radical (unpaired) electrons. The van der Waals surface area contributed by atoms with Crippen LogP contribution in [0.2, 0.25) is 5.02 Å². The van der Waals surface area contributed by atoms with Gasteiger partial charge in [-0.3, -0.25) is 15.0 Å². The molecule has 1 unspecified atom stereocenters. The predicted molar refractivity (Wildman–Crippen MR) is 70.8 cm³/mol. The summed E-state index contributed by atoms with van der Waals surface area (Å²) < 4.78 is 0. The van der Waals surface area contributed by atoms with Crippen molar-refractivity contribution in [2.75, 3.05) is 19.6 Å². The molecule has 5 nitrogen and oxygen atoms in total. The molecule has 2 rings (SSSR count). The van der Waals surface area contributed by atoms with Crippen molar-refractivity contribution >= 4 is 17.3 Å². The molecule has 1 fully saturated rings. The van der Waals surface area contributed by atoms with Gasteiger partial charge in [0.1, 0.15) is 0 Å². The quantitative estimate of drug-likeness (QED) is 0.674. The SMILES string of the molecule is CC1CNCCN1Cc1cc([N+](=O)[O-])ccc1Cl. The third kappa shape index (κ3) is 2.98. The molecule has 0 spiro atoms. The van der Waals surface area contributed by atoms with Crippen LogP contribution in [0.3, 0.4) is 0 Å². The maximum Gasteiger partial charge on any atom is 0.269 e. The fraction of sp³-hybridized carbons (Fsp3) is 0.500. The Labute approximate surface area is 111 Å². The van der Waals surface area contributed by atoms with E-state index in [0.717, 1.165) is 25.2 Å². The van der Waals surface area contributed by atoms with Crippen molar-refractivity contribution in [3.05, 3.63) is 38.9 Å². The van der Waals surface area contributed by atoms with Gasteiger partial charge in [-0.15, -0.1) is 0 Å². The van der Waals surface area contributed by atoms with Crippen LogP contribution in [0.5, 0.6) is 0 Å². The monoisotopic (exact) mass is 269 g/mol. The van der Waals surface area contributed by atoms with E-state index >= 15 is 0 Å². The Morgan fingerprint density at radius 3 is 3.06 bits per heavy atom. The molecular weight excluding hydrogens is 254 g/mol. The summed E-state index contributed by atoms with van der Waals surface area (Å²) >= 11 is 6.10. The van der Waals surface area contributed by atoms with Gasteiger partial charge < -0.3 is 5.32 Å². The highest BCUT2D eigenvalue weighted by molar-refractivity contribution is 6.31. The minimum Gasteiger partial charge on any atom is -0.314 e. The zero-order chi connectivity index (χ0) is 13.1. The van der Waals surface area contributed by atoms with Gasteiger partial charge in [-0.25, -0.2) is 0 Å². The number of rotatable bonds is 3. The van der Waals surface area contributed by atoms with Gasteiger partial charge in [-0.1, -0.05) is 11.6 Å². The maximum atomic E-state index is 10.8. The standard InChI is InChI=1S/C12H16ClN3O2/c1-9-7-14-4-5-15(9)8-10-6-11(16(17)18)2-3-12(10)13/h2-3,6,9,14H,4-5,7-8H2,1H3. The summed E-state index contributed by atoms with van der Waals surface area (Å²) in [5.41, 5.74) is 0.914. The maximum absolute atomic E-state index is 10.8. The lowest BCUT2D eigenvalue weighted by Crippen LogP contribution is -2.49. The molecule has 0 aliphatic carbocycles. The molecule has 1 saturated heterocycles. The van der Waals surface area contributed by atoms with Gasteiger partial charge in [0.05, 0.1) is 4.92 Å². The molecule has 0 aromatic heterocycles. The van der Waals surface area contributed by atoms with Crippen molar-refractivity contribution in [1.82, 2.24) is 10.2 Å². The van der Waals surface area contributed by atoms with Crippen molar-refractivity contribution in [2.24, 2.45) is 0 Å². The second-order valence-electron chi connectivity index (χ2n) is 4.56. The highest BCUT2D eigenvalue weighted by atomic mass is 35.5. The fourth-order valence-electron chi connectivity index (χ4n) is 2.13. The van der Waals surface area contributed by atoms with Gasteiger partial charge >= 0.3 is 0 Å². The number of halogens is 1. The first-order chi connectivity index (χ1) is 8.58. The normalized spacial score (nSPS) is 20.9. The molecule has 0 bridgehead atoms. The lowest BCUT2D eigenvalue weighted by atomic mass is 10.1. The molecule has 1 aliphatic heterocycles. The van der Waals surface area contributed by atoms with E-state index in [1.807, 2.05) is 0 Å². The van der Waals surface area contributed by atoms with Gasteiger partial charge in [0.25, 0.3) is 5.69 Å². The molecule has 1 aromatic carbocycles. The minimum absolute atomic E-state index is 0.0946. The molecule has 1 aliphatic rings. The first-order valence-corrected chi connectivity index (χ1v) is 6.33. The second kappa shape index (κ2) is 5.65. The van der Waals surface area contributed by atoms with E-state index in [-0.39, 0.29) is 10.6 Å². The highest BCUT2D eigenvalue weighted by Crippen LogP contribution is 2.24. The van der Waals surface area contributed by atoms with Crippen LogP contribution >= 0.6 is 11.6 Å². The third-order valence-corrected chi connectivity index (χ3v) is 3.62. The molecule has 0 saturated carbocycles. The Kier molecular flexibility index (Phi) is 4.16. The molecule has 1 heterocycles. The van der Waals surface area contributed by atoms with E-state index in [0.29, 0.717) is 17.6 Å².